The molecule has 162 valence electrons. The number of carbonyl (C=O) groups is 3. The maximum atomic E-state index is 13.5. The molecule has 0 spiro atoms. The standard InChI is InChI=1S/C22H30N4O4/c27-19(24-12-4-5-13-24)22(26-14-6-11-23-20(26)28)9-15-25(16-10-22)21(29)30-17-18-7-2-1-3-8-18/h1-3,7-8H,4-6,9-17H2,(H,23,28). The number of nitrogens with one attached hydrogen (secondary N) is 1. The van der Waals surface area contributed by atoms with Gasteiger partial charge in [0.1, 0.15) is 12.1 Å². The molecule has 4 rings (SSSR count). The number of likely N-dealkylation sites (tertiary alicyclic amines) is 2. The Labute approximate surface area is 177 Å². The van der Waals surface area contributed by atoms with E-state index in [1.54, 1.807) is 9.80 Å². The zero-order valence-electron chi connectivity index (χ0n) is 17.3. The molecule has 3 fully saturated rings. The van der Waals surface area contributed by atoms with Gasteiger partial charge in [0.2, 0.25) is 5.91 Å². The molecule has 0 aliphatic carbocycles. The molecule has 30 heavy (non-hydrogen) atoms. The van der Waals surface area contributed by atoms with Crippen molar-refractivity contribution in [2.24, 2.45) is 0 Å². The van der Waals surface area contributed by atoms with E-state index in [4.69, 9.17) is 4.74 Å². The average Bonchev–Trinajstić information content (AvgIpc) is 3.33. The molecule has 4 amide bonds. The fourth-order valence-corrected chi connectivity index (χ4v) is 4.72. The van der Waals surface area contributed by atoms with Crippen molar-refractivity contribution in [2.75, 3.05) is 39.3 Å². The summed E-state index contributed by atoms with van der Waals surface area (Å²) in [5.41, 5.74) is 0.0665. The molecule has 0 aromatic heterocycles. The van der Waals surface area contributed by atoms with Crippen molar-refractivity contribution in [3.05, 3.63) is 35.9 Å². The Morgan fingerprint density at radius 3 is 2.30 bits per heavy atom. The van der Waals surface area contributed by atoms with Crippen LogP contribution in [0.1, 0.15) is 37.7 Å². The second-order valence-electron chi connectivity index (χ2n) is 8.30. The molecular weight excluding hydrogens is 384 g/mol. The number of ether oxygens (including phenoxy) is 1. The second-order valence-corrected chi connectivity index (χ2v) is 8.30. The Morgan fingerprint density at radius 1 is 0.933 bits per heavy atom. The molecule has 8 heteroatoms. The molecule has 8 nitrogen and oxygen atoms in total. The van der Waals surface area contributed by atoms with Gasteiger partial charge in [-0.1, -0.05) is 30.3 Å². The van der Waals surface area contributed by atoms with Gasteiger partial charge >= 0.3 is 12.1 Å². The predicted molar refractivity (Wildman–Crippen MR) is 111 cm³/mol. The van der Waals surface area contributed by atoms with Gasteiger partial charge < -0.3 is 24.8 Å². The Bertz CT molecular complexity index is 771. The number of carbonyl (C=O) groups excluding carboxylic acids is 3. The highest BCUT2D eigenvalue weighted by atomic mass is 16.6. The summed E-state index contributed by atoms with van der Waals surface area (Å²) in [6.07, 6.45) is 3.35. The van der Waals surface area contributed by atoms with Crippen LogP contribution >= 0.6 is 0 Å². The quantitative estimate of drug-likeness (QED) is 0.819. The van der Waals surface area contributed by atoms with Gasteiger partial charge in [0.05, 0.1) is 0 Å². The van der Waals surface area contributed by atoms with Crippen LogP contribution in [0.3, 0.4) is 0 Å². The van der Waals surface area contributed by atoms with E-state index >= 15 is 0 Å². The van der Waals surface area contributed by atoms with E-state index in [2.05, 4.69) is 5.32 Å². The number of urea groups is 1. The second kappa shape index (κ2) is 8.93. The van der Waals surface area contributed by atoms with Crippen molar-refractivity contribution in [2.45, 2.75) is 44.2 Å². The van der Waals surface area contributed by atoms with Crippen LogP contribution in [0.4, 0.5) is 9.59 Å². The van der Waals surface area contributed by atoms with Crippen LogP contribution in [-0.4, -0.2) is 77.5 Å². The van der Waals surface area contributed by atoms with E-state index in [0.717, 1.165) is 37.9 Å². The lowest BCUT2D eigenvalue weighted by atomic mass is 9.83. The van der Waals surface area contributed by atoms with Crippen molar-refractivity contribution < 1.29 is 19.1 Å². The smallest absolute Gasteiger partial charge is 0.410 e. The van der Waals surface area contributed by atoms with E-state index in [1.165, 1.54) is 0 Å². The third-order valence-electron chi connectivity index (χ3n) is 6.44. The first-order valence-electron chi connectivity index (χ1n) is 10.9. The van der Waals surface area contributed by atoms with Crippen molar-refractivity contribution in [1.82, 2.24) is 20.0 Å². The molecule has 0 saturated carbocycles. The molecule has 1 aromatic carbocycles. The molecule has 3 aliphatic rings. The average molecular weight is 415 g/mol. The van der Waals surface area contributed by atoms with E-state index < -0.39 is 5.54 Å². The fourth-order valence-electron chi connectivity index (χ4n) is 4.72. The normalized spacial score (nSPS) is 21.3. The van der Waals surface area contributed by atoms with E-state index in [-0.39, 0.29) is 24.6 Å². The van der Waals surface area contributed by atoms with E-state index in [9.17, 15) is 14.4 Å². The summed E-state index contributed by atoms with van der Waals surface area (Å²) in [6, 6.07) is 9.40. The Balaban J connectivity index is 1.43. The topological polar surface area (TPSA) is 82.2 Å². The van der Waals surface area contributed by atoms with Crippen LogP contribution in [-0.2, 0) is 16.1 Å². The lowest BCUT2D eigenvalue weighted by Crippen LogP contribution is -2.68. The van der Waals surface area contributed by atoms with Gasteiger partial charge in [-0.15, -0.1) is 0 Å². The van der Waals surface area contributed by atoms with Crippen LogP contribution in [0.25, 0.3) is 0 Å². The lowest BCUT2D eigenvalue weighted by Gasteiger charge is -2.49. The van der Waals surface area contributed by atoms with Crippen molar-refractivity contribution >= 4 is 18.0 Å². The number of amides is 4. The van der Waals surface area contributed by atoms with Gasteiger partial charge in [-0.2, -0.15) is 0 Å². The third kappa shape index (κ3) is 4.08. The first kappa shape index (κ1) is 20.5. The molecule has 1 aromatic rings. The summed E-state index contributed by atoms with van der Waals surface area (Å²) in [5, 5.41) is 2.88. The van der Waals surface area contributed by atoms with Crippen LogP contribution in [0.5, 0.6) is 0 Å². The number of hydrogen-bond acceptors (Lipinski definition) is 4. The summed E-state index contributed by atoms with van der Waals surface area (Å²) < 4.78 is 5.46. The highest BCUT2D eigenvalue weighted by Crippen LogP contribution is 2.34. The van der Waals surface area contributed by atoms with Crippen molar-refractivity contribution in [3.63, 3.8) is 0 Å². The molecule has 0 bridgehead atoms. The summed E-state index contributed by atoms with van der Waals surface area (Å²) in [6.45, 7) is 3.74. The Hall–Kier alpha value is -2.77. The fraction of sp³-hybridized carbons (Fsp3) is 0.591. The first-order valence-corrected chi connectivity index (χ1v) is 10.9. The number of nitrogens with zero attached hydrogens (tertiary/aromatic N) is 3. The maximum Gasteiger partial charge on any atom is 0.410 e. The maximum absolute atomic E-state index is 13.5. The number of hydrogen-bond donors (Lipinski definition) is 1. The minimum absolute atomic E-state index is 0.0364. The van der Waals surface area contributed by atoms with Gasteiger partial charge in [0.15, 0.2) is 0 Å². The van der Waals surface area contributed by atoms with Crippen LogP contribution in [0, 0.1) is 0 Å². The molecule has 3 saturated heterocycles. The number of rotatable bonds is 4. The largest absolute Gasteiger partial charge is 0.445 e. The SMILES string of the molecule is O=C(OCc1ccccc1)N1CCC(C(=O)N2CCCC2)(N2CCCNC2=O)CC1. The minimum atomic E-state index is -0.870. The summed E-state index contributed by atoms with van der Waals surface area (Å²) in [5.74, 6) is 0.0364. The molecule has 1 N–H and O–H groups in total. The van der Waals surface area contributed by atoms with Crippen LogP contribution in [0.15, 0.2) is 30.3 Å². The molecular formula is C22H30N4O4. The van der Waals surface area contributed by atoms with Crippen LogP contribution in [0.2, 0.25) is 0 Å². The zero-order valence-corrected chi connectivity index (χ0v) is 17.3. The highest BCUT2D eigenvalue weighted by Gasteiger charge is 2.51. The number of piperidine rings is 1. The zero-order chi connectivity index (χ0) is 21.0. The van der Waals surface area contributed by atoms with Gasteiger partial charge in [-0.05, 0) is 37.7 Å². The summed E-state index contributed by atoms with van der Waals surface area (Å²) in [4.78, 5) is 44.0. The van der Waals surface area contributed by atoms with Crippen molar-refractivity contribution in [3.8, 4) is 0 Å². The Kier molecular flexibility index (Phi) is 6.11. The minimum Gasteiger partial charge on any atom is -0.445 e. The predicted octanol–water partition coefficient (Wildman–Crippen LogP) is 2.20. The number of benzene rings is 1. The molecule has 0 atom stereocenters. The van der Waals surface area contributed by atoms with Gasteiger partial charge in [0.25, 0.3) is 0 Å². The lowest BCUT2D eigenvalue weighted by molar-refractivity contribution is -0.145. The van der Waals surface area contributed by atoms with E-state index in [0.29, 0.717) is 39.0 Å². The molecule has 3 heterocycles. The molecule has 3 aliphatic heterocycles. The van der Waals surface area contributed by atoms with Crippen molar-refractivity contribution in [1.29, 1.82) is 0 Å². The van der Waals surface area contributed by atoms with Gasteiger partial charge in [-0.3, -0.25) is 4.79 Å². The van der Waals surface area contributed by atoms with Gasteiger partial charge in [-0.25, -0.2) is 9.59 Å². The van der Waals surface area contributed by atoms with E-state index in [1.807, 2.05) is 35.2 Å². The monoisotopic (exact) mass is 414 g/mol. The molecule has 0 radical (unpaired) electrons. The van der Waals surface area contributed by atoms with Crippen LogP contribution < -0.4 is 5.32 Å². The first-order chi connectivity index (χ1) is 14.6. The third-order valence-corrected chi connectivity index (χ3v) is 6.44. The van der Waals surface area contributed by atoms with Gasteiger partial charge in [0, 0.05) is 39.3 Å². The summed E-state index contributed by atoms with van der Waals surface area (Å²) in [7, 11) is 0. The Morgan fingerprint density at radius 2 is 1.63 bits per heavy atom. The highest BCUT2D eigenvalue weighted by molar-refractivity contribution is 5.92. The molecule has 0 unspecified atom stereocenters. The summed E-state index contributed by atoms with van der Waals surface area (Å²) >= 11 is 0.